The Bertz CT molecular complexity index is 435. The highest BCUT2D eigenvalue weighted by Gasteiger charge is 2.37. The van der Waals surface area contributed by atoms with Gasteiger partial charge >= 0.3 is 0 Å². The van der Waals surface area contributed by atoms with Crippen LogP contribution in [0.4, 0.5) is 0 Å². The first-order valence-electron chi connectivity index (χ1n) is 6.02. The topological polar surface area (TPSA) is 64.7 Å². The zero-order chi connectivity index (χ0) is 11.9. The molecule has 1 aromatic carbocycles. The fraction of sp³-hybridized carbons (Fsp3) is 0.538. The van der Waals surface area contributed by atoms with Crippen molar-refractivity contribution in [1.29, 1.82) is 0 Å². The van der Waals surface area contributed by atoms with E-state index in [1.165, 1.54) is 5.56 Å². The Labute approximate surface area is 100 Å². The third-order valence-electron chi connectivity index (χ3n) is 3.83. The van der Waals surface area contributed by atoms with E-state index in [1.54, 1.807) is 0 Å². The third kappa shape index (κ3) is 1.87. The normalized spacial score (nSPS) is 30.8. The van der Waals surface area contributed by atoms with Crippen LogP contribution in [0.25, 0.3) is 0 Å². The Morgan fingerprint density at radius 3 is 2.94 bits per heavy atom. The maximum Gasteiger partial charge on any atom is 0.231 e. The number of hydrogen-bond donors (Lipinski definition) is 2. The second-order valence-electron chi connectivity index (χ2n) is 4.98. The van der Waals surface area contributed by atoms with Crippen LogP contribution in [0, 0.1) is 0 Å². The molecule has 1 aliphatic carbocycles. The van der Waals surface area contributed by atoms with Crippen molar-refractivity contribution in [3.8, 4) is 11.5 Å². The molecule has 0 aromatic heterocycles. The number of aliphatic hydroxyl groups is 1. The lowest BCUT2D eigenvalue weighted by atomic mass is 9.94. The first kappa shape index (κ1) is 10.9. The summed E-state index contributed by atoms with van der Waals surface area (Å²) in [5.74, 6) is 1.99. The van der Waals surface area contributed by atoms with Gasteiger partial charge in [0.15, 0.2) is 11.5 Å². The van der Waals surface area contributed by atoms with E-state index in [9.17, 15) is 5.11 Å². The lowest BCUT2D eigenvalue weighted by molar-refractivity contribution is 0.0554. The van der Waals surface area contributed by atoms with Crippen molar-refractivity contribution in [2.24, 2.45) is 5.73 Å². The van der Waals surface area contributed by atoms with Crippen molar-refractivity contribution >= 4 is 0 Å². The summed E-state index contributed by atoms with van der Waals surface area (Å²) in [7, 11) is 0. The molecular formula is C13H17NO3. The van der Waals surface area contributed by atoms with Crippen LogP contribution in [0.2, 0.25) is 0 Å². The maximum atomic E-state index is 10.1. The van der Waals surface area contributed by atoms with Gasteiger partial charge in [-0.25, -0.2) is 0 Å². The molecule has 0 radical (unpaired) electrons. The molecule has 2 aliphatic rings. The molecule has 0 bridgehead atoms. The number of ether oxygens (including phenoxy) is 2. The van der Waals surface area contributed by atoms with Crippen molar-refractivity contribution in [2.75, 3.05) is 13.3 Å². The summed E-state index contributed by atoms with van der Waals surface area (Å²) < 4.78 is 10.7. The van der Waals surface area contributed by atoms with Crippen LogP contribution in [-0.2, 0) is 0 Å². The zero-order valence-corrected chi connectivity index (χ0v) is 9.69. The number of rotatable bonds is 2. The van der Waals surface area contributed by atoms with Crippen LogP contribution < -0.4 is 15.2 Å². The molecule has 4 nitrogen and oxygen atoms in total. The molecule has 1 fully saturated rings. The Kier molecular flexibility index (Phi) is 2.49. The van der Waals surface area contributed by atoms with Crippen LogP contribution in [-0.4, -0.2) is 24.0 Å². The van der Waals surface area contributed by atoms with Gasteiger partial charge in [0, 0.05) is 6.54 Å². The van der Waals surface area contributed by atoms with E-state index < -0.39 is 5.60 Å². The van der Waals surface area contributed by atoms with Gasteiger partial charge in [0.1, 0.15) is 0 Å². The van der Waals surface area contributed by atoms with Gasteiger partial charge in [-0.3, -0.25) is 0 Å². The second-order valence-corrected chi connectivity index (χ2v) is 4.98. The zero-order valence-electron chi connectivity index (χ0n) is 9.69. The molecule has 0 saturated heterocycles. The summed E-state index contributed by atoms with van der Waals surface area (Å²) in [4.78, 5) is 0. The van der Waals surface area contributed by atoms with E-state index in [0.717, 1.165) is 30.8 Å². The molecule has 0 spiro atoms. The molecule has 17 heavy (non-hydrogen) atoms. The van der Waals surface area contributed by atoms with E-state index in [0.29, 0.717) is 19.3 Å². The lowest BCUT2D eigenvalue weighted by Gasteiger charge is -2.20. The summed E-state index contributed by atoms with van der Waals surface area (Å²) >= 11 is 0. The van der Waals surface area contributed by atoms with Gasteiger partial charge in [0.05, 0.1) is 5.60 Å². The van der Waals surface area contributed by atoms with E-state index >= 15 is 0 Å². The molecule has 2 unspecified atom stereocenters. The SMILES string of the molecule is NCC1(O)CCC(c2ccc3c(c2)OCO3)C1. The average Bonchev–Trinajstić information content (AvgIpc) is 2.95. The first-order chi connectivity index (χ1) is 8.20. The summed E-state index contributed by atoms with van der Waals surface area (Å²) in [6, 6.07) is 6.02. The van der Waals surface area contributed by atoms with Crippen molar-refractivity contribution < 1.29 is 14.6 Å². The van der Waals surface area contributed by atoms with Crippen LogP contribution in [0.5, 0.6) is 11.5 Å². The van der Waals surface area contributed by atoms with Crippen molar-refractivity contribution in [3.05, 3.63) is 23.8 Å². The van der Waals surface area contributed by atoms with Gasteiger partial charge in [0.25, 0.3) is 0 Å². The Morgan fingerprint density at radius 2 is 2.18 bits per heavy atom. The number of fused-ring (bicyclic) bond motifs is 1. The molecule has 92 valence electrons. The highest BCUT2D eigenvalue weighted by atomic mass is 16.7. The molecule has 0 amide bonds. The molecule has 1 aliphatic heterocycles. The van der Waals surface area contributed by atoms with Crippen LogP contribution in [0.1, 0.15) is 30.7 Å². The van der Waals surface area contributed by atoms with E-state index in [1.807, 2.05) is 12.1 Å². The van der Waals surface area contributed by atoms with Crippen molar-refractivity contribution in [1.82, 2.24) is 0 Å². The number of hydrogen-bond acceptors (Lipinski definition) is 4. The van der Waals surface area contributed by atoms with Gasteiger partial charge in [0.2, 0.25) is 6.79 Å². The molecule has 3 N–H and O–H groups in total. The van der Waals surface area contributed by atoms with Gasteiger partial charge in [-0.15, -0.1) is 0 Å². The van der Waals surface area contributed by atoms with Gasteiger partial charge in [-0.05, 0) is 42.9 Å². The van der Waals surface area contributed by atoms with Crippen molar-refractivity contribution in [2.45, 2.75) is 30.8 Å². The lowest BCUT2D eigenvalue weighted by Crippen LogP contribution is -2.34. The van der Waals surface area contributed by atoms with E-state index in [-0.39, 0.29) is 0 Å². The second kappa shape index (κ2) is 3.89. The predicted molar refractivity (Wildman–Crippen MR) is 63.2 cm³/mol. The molecule has 1 aromatic rings. The third-order valence-corrected chi connectivity index (χ3v) is 3.83. The summed E-state index contributed by atoms with van der Waals surface area (Å²) in [5, 5.41) is 10.1. The minimum Gasteiger partial charge on any atom is -0.454 e. The molecule has 1 saturated carbocycles. The van der Waals surface area contributed by atoms with Crippen LogP contribution in [0.3, 0.4) is 0 Å². The van der Waals surface area contributed by atoms with Crippen LogP contribution >= 0.6 is 0 Å². The molecular weight excluding hydrogens is 218 g/mol. The van der Waals surface area contributed by atoms with Crippen molar-refractivity contribution in [3.63, 3.8) is 0 Å². The quantitative estimate of drug-likeness (QED) is 0.812. The standard InChI is InChI=1S/C13H17NO3/c14-7-13(15)4-3-10(6-13)9-1-2-11-12(5-9)17-8-16-11/h1-2,5,10,15H,3-4,6-8,14H2. The molecule has 4 heteroatoms. The van der Waals surface area contributed by atoms with Gasteiger partial charge in [-0.1, -0.05) is 6.07 Å². The maximum absolute atomic E-state index is 10.1. The highest BCUT2D eigenvalue weighted by Crippen LogP contribution is 2.43. The molecule has 1 heterocycles. The molecule has 2 atom stereocenters. The van der Waals surface area contributed by atoms with E-state index in [2.05, 4.69) is 6.07 Å². The fourth-order valence-corrected chi connectivity index (χ4v) is 2.74. The van der Waals surface area contributed by atoms with E-state index in [4.69, 9.17) is 15.2 Å². The Hall–Kier alpha value is -1.26. The van der Waals surface area contributed by atoms with Gasteiger partial charge < -0.3 is 20.3 Å². The smallest absolute Gasteiger partial charge is 0.231 e. The summed E-state index contributed by atoms with van der Waals surface area (Å²) in [6.45, 7) is 0.643. The summed E-state index contributed by atoms with van der Waals surface area (Å²) in [5.41, 5.74) is 6.13. The largest absolute Gasteiger partial charge is 0.454 e. The van der Waals surface area contributed by atoms with Crippen LogP contribution in [0.15, 0.2) is 18.2 Å². The highest BCUT2D eigenvalue weighted by molar-refractivity contribution is 5.45. The van der Waals surface area contributed by atoms with Gasteiger partial charge in [-0.2, -0.15) is 0 Å². The monoisotopic (exact) mass is 235 g/mol. The number of benzene rings is 1. The summed E-state index contributed by atoms with van der Waals surface area (Å²) in [6.07, 6.45) is 2.50. The molecule has 3 rings (SSSR count). The minimum atomic E-state index is -0.680. The fourth-order valence-electron chi connectivity index (χ4n) is 2.74. The minimum absolute atomic E-state index is 0.302. The predicted octanol–water partition coefficient (Wildman–Crippen LogP) is 1.37. The number of nitrogens with two attached hydrogens (primary N) is 1. The average molecular weight is 235 g/mol. The Balaban J connectivity index is 1.82. The Morgan fingerprint density at radius 1 is 1.35 bits per heavy atom. The first-order valence-corrected chi connectivity index (χ1v) is 6.02.